The number of benzene rings is 1. The van der Waals surface area contributed by atoms with E-state index in [-0.39, 0.29) is 6.61 Å². The molecule has 0 amide bonds. The van der Waals surface area contributed by atoms with Crippen molar-refractivity contribution < 1.29 is 14.4 Å². The van der Waals surface area contributed by atoms with Crippen molar-refractivity contribution in [2.45, 2.75) is 38.4 Å². The summed E-state index contributed by atoms with van der Waals surface area (Å²) >= 11 is 3.38. The Kier molecular flexibility index (Phi) is 3.76. The quantitative estimate of drug-likeness (QED) is 0.905. The van der Waals surface area contributed by atoms with Gasteiger partial charge in [0, 0.05) is 16.0 Å². The second kappa shape index (κ2) is 5.54. The Labute approximate surface area is 125 Å². The molecule has 20 heavy (non-hydrogen) atoms. The zero-order valence-electron chi connectivity index (χ0n) is 11.0. The van der Waals surface area contributed by atoms with E-state index in [4.69, 9.17) is 9.26 Å². The van der Waals surface area contributed by atoms with Crippen molar-refractivity contribution in [2.24, 2.45) is 0 Å². The summed E-state index contributed by atoms with van der Waals surface area (Å²) in [5, 5.41) is 13.7. The largest absolute Gasteiger partial charge is 0.483 e. The number of rotatable bonds is 5. The van der Waals surface area contributed by atoms with Crippen molar-refractivity contribution in [1.29, 1.82) is 0 Å². The fourth-order valence-corrected chi connectivity index (χ4v) is 2.33. The first-order valence-corrected chi connectivity index (χ1v) is 7.35. The molecule has 0 radical (unpaired) electrons. The van der Waals surface area contributed by atoms with Crippen LogP contribution in [0.15, 0.2) is 27.2 Å². The number of nitrogens with zero attached hydrogens (tertiary/aromatic N) is 2. The minimum Gasteiger partial charge on any atom is -0.483 e. The molecule has 1 aliphatic rings. The van der Waals surface area contributed by atoms with Crippen molar-refractivity contribution in [3.8, 4) is 5.75 Å². The van der Waals surface area contributed by atoms with E-state index in [1.165, 1.54) is 0 Å². The van der Waals surface area contributed by atoms with Crippen LogP contribution in [0.5, 0.6) is 5.75 Å². The zero-order chi connectivity index (χ0) is 14.1. The van der Waals surface area contributed by atoms with Gasteiger partial charge in [0.1, 0.15) is 5.75 Å². The van der Waals surface area contributed by atoms with Gasteiger partial charge in [0.25, 0.3) is 5.89 Å². The maximum absolute atomic E-state index is 9.76. The Morgan fingerprint density at radius 2 is 2.30 bits per heavy atom. The summed E-state index contributed by atoms with van der Waals surface area (Å²) in [5.41, 5.74) is 0.723. The molecule has 3 rings (SSSR count). The van der Waals surface area contributed by atoms with Crippen LogP contribution in [0.2, 0.25) is 0 Å². The normalized spacial score (nSPS) is 16.1. The molecule has 1 atom stereocenters. The van der Waals surface area contributed by atoms with Crippen molar-refractivity contribution in [1.82, 2.24) is 10.1 Å². The summed E-state index contributed by atoms with van der Waals surface area (Å²) < 4.78 is 11.7. The Morgan fingerprint density at radius 3 is 3.00 bits per heavy atom. The van der Waals surface area contributed by atoms with Crippen molar-refractivity contribution in [2.75, 3.05) is 0 Å². The first kappa shape index (κ1) is 13.6. The highest BCUT2D eigenvalue weighted by atomic mass is 79.9. The van der Waals surface area contributed by atoms with Crippen LogP contribution in [0.1, 0.15) is 49.1 Å². The van der Waals surface area contributed by atoms with E-state index in [2.05, 4.69) is 26.1 Å². The Morgan fingerprint density at radius 1 is 1.50 bits per heavy atom. The lowest BCUT2D eigenvalue weighted by atomic mass is 10.1. The van der Waals surface area contributed by atoms with Crippen LogP contribution >= 0.6 is 15.9 Å². The lowest BCUT2D eigenvalue weighted by molar-refractivity contribution is 0.185. The summed E-state index contributed by atoms with van der Waals surface area (Å²) in [6.45, 7) is 1.91. The van der Waals surface area contributed by atoms with E-state index in [9.17, 15) is 5.11 Å². The van der Waals surface area contributed by atoms with E-state index < -0.39 is 6.10 Å². The second-order valence-corrected chi connectivity index (χ2v) is 5.88. The van der Waals surface area contributed by atoms with Gasteiger partial charge < -0.3 is 14.4 Å². The summed E-state index contributed by atoms with van der Waals surface area (Å²) in [5.74, 6) is 2.32. The Bertz CT molecular complexity index is 608. The molecular weight excluding hydrogens is 324 g/mol. The molecule has 106 valence electrons. The summed E-state index contributed by atoms with van der Waals surface area (Å²) in [6, 6.07) is 5.51. The smallest absolute Gasteiger partial charge is 0.264 e. The number of ether oxygens (including phenoxy) is 1. The molecule has 1 saturated carbocycles. The third-order valence-electron chi connectivity index (χ3n) is 3.20. The summed E-state index contributed by atoms with van der Waals surface area (Å²) in [4.78, 5) is 4.30. The Balaban J connectivity index is 1.70. The number of aromatic nitrogens is 2. The van der Waals surface area contributed by atoms with Gasteiger partial charge in [0.2, 0.25) is 0 Å². The SMILES string of the molecule is CC(O)c1cc(Br)ccc1OCc1nc(C2CC2)no1. The lowest BCUT2D eigenvalue weighted by Crippen LogP contribution is -2.01. The molecule has 1 aromatic heterocycles. The zero-order valence-corrected chi connectivity index (χ0v) is 12.6. The fourth-order valence-electron chi connectivity index (χ4n) is 1.95. The molecule has 1 unspecified atom stereocenters. The van der Waals surface area contributed by atoms with Gasteiger partial charge in [-0.1, -0.05) is 21.1 Å². The van der Waals surface area contributed by atoms with Gasteiger partial charge in [0.05, 0.1) is 6.10 Å². The monoisotopic (exact) mass is 338 g/mol. The maximum atomic E-state index is 9.76. The maximum Gasteiger partial charge on any atom is 0.264 e. The number of hydrogen-bond donors (Lipinski definition) is 1. The van der Waals surface area contributed by atoms with Crippen LogP contribution in [-0.2, 0) is 6.61 Å². The van der Waals surface area contributed by atoms with E-state index in [1.807, 2.05) is 18.2 Å². The molecule has 0 spiro atoms. The third kappa shape index (κ3) is 3.02. The van der Waals surface area contributed by atoms with Gasteiger partial charge in [-0.25, -0.2) is 0 Å². The number of aliphatic hydroxyl groups is 1. The third-order valence-corrected chi connectivity index (χ3v) is 3.69. The van der Waals surface area contributed by atoms with Gasteiger partial charge in [-0.05, 0) is 38.0 Å². The molecule has 1 N–H and O–H groups in total. The molecule has 1 aromatic carbocycles. The number of hydrogen-bond acceptors (Lipinski definition) is 5. The first-order valence-electron chi connectivity index (χ1n) is 6.56. The van der Waals surface area contributed by atoms with Crippen LogP contribution in [0.25, 0.3) is 0 Å². The lowest BCUT2D eigenvalue weighted by Gasteiger charge is -2.12. The molecule has 0 aliphatic heterocycles. The molecule has 2 aromatic rings. The molecule has 6 heteroatoms. The van der Waals surface area contributed by atoms with Gasteiger partial charge in [0.15, 0.2) is 12.4 Å². The first-order chi connectivity index (χ1) is 9.63. The van der Waals surface area contributed by atoms with Crippen LogP contribution in [0, 0.1) is 0 Å². The van der Waals surface area contributed by atoms with Crippen molar-refractivity contribution in [3.63, 3.8) is 0 Å². The van der Waals surface area contributed by atoms with Gasteiger partial charge >= 0.3 is 0 Å². The molecule has 1 fully saturated rings. The molecule has 0 saturated heterocycles. The summed E-state index contributed by atoms with van der Waals surface area (Å²) in [6.07, 6.45) is 1.67. The van der Waals surface area contributed by atoms with Gasteiger partial charge in [-0.3, -0.25) is 0 Å². The van der Waals surface area contributed by atoms with Crippen molar-refractivity contribution in [3.05, 3.63) is 40.0 Å². The predicted octanol–water partition coefficient (Wildman–Crippen LogP) is 3.34. The second-order valence-electron chi connectivity index (χ2n) is 4.97. The number of halogens is 1. The fraction of sp³-hybridized carbons (Fsp3) is 0.429. The number of aliphatic hydroxyl groups excluding tert-OH is 1. The van der Waals surface area contributed by atoms with Crippen LogP contribution in [0.3, 0.4) is 0 Å². The minimum atomic E-state index is -0.604. The van der Waals surface area contributed by atoms with Crippen molar-refractivity contribution >= 4 is 15.9 Å². The molecule has 1 aliphatic carbocycles. The predicted molar refractivity (Wildman–Crippen MR) is 75.4 cm³/mol. The average molecular weight is 339 g/mol. The minimum absolute atomic E-state index is 0.209. The highest BCUT2D eigenvalue weighted by Gasteiger charge is 2.28. The van der Waals surface area contributed by atoms with Crippen LogP contribution in [-0.4, -0.2) is 15.2 Å². The van der Waals surface area contributed by atoms with Gasteiger partial charge in [-0.15, -0.1) is 0 Å². The highest BCUT2D eigenvalue weighted by molar-refractivity contribution is 9.10. The molecular formula is C14H15BrN2O3. The van der Waals surface area contributed by atoms with E-state index in [0.29, 0.717) is 17.6 Å². The molecule has 1 heterocycles. The standard InChI is InChI=1S/C14H15BrN2O3/c1-8(18)11-6-10(15)4-5-12(11)19-7-13-16-14(17-20-13)9-2-3-9/h4-6,8-9,18H,2-3,7H2,1H3. The molecule has 0 bridgehead atoms. The van der Waals surface area contributed by atoms with Crippen LogP contribution in [0.4, 0.5) is 0 Å². The molecule has 5 nitrogen and oxygen atoms in total. The van der Waals surface area contributed by atoms with E-state index in [1.54, 1.807) is 6.92 Å². The Hall–Kier alpha value is -1.40. The topological polar surface area (TPSA) is 68.4 Å². The van der Waals surface area contributed by atoms with E-state index in [0.717, 1.165) is 28.7 Å². The average Bonchev–Trinajstić information content (AvgIpc) is 3.17. The van der Waals surface area contributed by atoms with E-state index >= 15 is 0 Å². The van der Waals surface area contributed by atoms with Gasteiger partial charge in [-0.2, -0.15) is 4.98 Å². The summed E-state index contributed by atoms with van der Waals surface area (Å²) in [7, 11) is 0. The highest BCUT2D eigenvalue weighted by Crippen LogP contribution is 2.38. The van der Waals surface area contributed by atoms with Crippen LogP contribution < -0.4 is 4.74 Å².